The molecule has 2 N–H and O–H groups in total. The van der Waals surface area contributed by atoms with Crippen molar-refractivity contribution in [2.24, 2.45) is 0 Å². The van der Waals surface area contributed by atoms with Crippen LogP contribution in [0.3, 0.4) is 0 Å². The summed E-state index contributed by atoms with van der Waals surface area (Å²) >= 11 is 0. The van der Waals surface area contributed by atoms with E-state index in [9.17, 15) is 9.90 Å². The molecule has 0 aromatic carbocycles. The summed E-state index contributed by atoms with van der Waals surface area (Å²) in [5.74, 6) is -0.949. The molecule has 2 aliphatic heterocycles. The van der Waals surface area contributed by atoms with Crippen molar-refractivity contribution in [3.63, 3.8) is 0 Å². The van der Waals surface area contributed by atoms with Gasteiger partial charge in [0.15, 0.2) is 5.69 Å². The van der Waals surface area contributed by atoms with Gasteiger partial charge in [-0.15, -0.1) is 0 Å². The number of carbonyl (C=O) groups is 1. The van der Waals surface area contributed by atoms with E-state index in [2.05, 4.69) is 26.9 Å². The minimum Gasteiger partial charge on any atom is -0.476 e. The SMILES string of the molecule is CC(CN1CCc2[nH]nc(C(=O)O)c2C1)N1CCOCC1. The summed E-state index contributed by atoms with van der Waals surface area (Å²) in [5.41, 5.74) is 2.00. The lowest BCUT2D eigenvalue weighted by molar-refractivity contribution is 0.0114. The zero-order chi connectivity index (χ0) is 14.8. The second kappa shape index (κ2) is 6.13. The summed E-state index contributed by atoms with van der Waals surface area (Å²) < 4.78 is 5.39. The van der Waals surface area contributed by atoms with Crippen molar-refractivity contribution in [3.05, 3.63) is 17.0 Å². The first-order valence-electron chi connectivity index (χ1n) is 7.48. The number of nitrogens with zero attached hydrogens (tertiary/aromatic N) is 3. The largest absolute Gasteiger partial charge is 0.476 e. The van der Waals surface area contributed by atoms with E-state index >= 15 is 0 Å². The second-order valence-electron chi connectivity index (χ2n) is 5.82. The maximum atomic E-state index is 11.2. The Morgan fingerprint density at radius 2 is 2.19 bits per heavy atom. The van der Waals surface area contributed by atoms with Crippen LogP contribution in [0.25, 0.3) is 0 Å². The molecule has 1 aromatic rings. The Bertz CT molecular complexity index is 510. The average Bonchev–Trinajstić information content (AvgIpc) is 2.91. The van der Waals surface area contributed by atoms with E-state index in [1.54, 1.807) is 0 Å². The summed E-state index contributed by atoms with van der Waals surface area (Å²) in [6.07, 6.45) is 0.839. The summed E-state index contributed by atoms with van der Waals surface area (Å²) in [7, 11) is 0. The maximum absolute atomic E-state index is 11.2. The standard InChI is InChI=1S/C14H22N4O3/c1-10(18-4-6-21-7-5-18)8-17-3-2-12-11(9-17)13(14(19)20)16-15-12/h10H,2-9H2,1H3,(H,15,16)(H,19,20). The van der Waals surface area contributed by atoms with Crippen molar-refractivity contribution in [2.75, 3.05) is 39.4 Å². The van der Waals surface area contributed by atoms with E-state index in [-0.39, 0.29) is 5.69 Å². The average molecular weight is 294 g/mol. The first-order chi connectivity index (χ1) is 10.1. The summed E-state index contributed by atoms with van der Waals surface area (Å²) in [6.45, 7) is 8.36. The van der Waals surface area contributed by atoms with Gasteiger partial charge in [0, 0.05) is 56.4 Å². The van der Waals surface area contributed by atoms with Crippen LogP contribution in [0.5, 0.6) is 0 Å². The highest BCUT2D eigenvalue weighted by Crippen LogP contribution is 2.21. The van der Waals surface area contributed by atoms with Crippen LogP contribution >= 0.6 is 0 Å². The van der Waals surface area contributed by atoms with E-state index in [1.807, 2.05) is 0 Å². The van der Waals surface area contributed by atoms with Gasteiger partial charge in [0.05, 0.1) is 13.2 Å². The number of hydrogen-bond acceptors (Lipinski definition) is 5. The third-order valence-electron chi connectivity index (χ3n) is 4.41. The summed E-state index contributed by atoms with van der Waals surface area (Å²) in [4.78, 5) is 15.9. The van der Waals surface area contributed by atoms with Crippen LogP contribution in [0, 0.1) is 0 Å². The number of morpholine rings is 1. The number of nitrogens with one attached hydrogen (secondary N) is 1. The minimum absolute atomic E-state index is 0.175. The van der Waals surface area contributed by atoms with E-state index in [1.165, 1.54) is 0 Å². The molecule has 3 heterocycles. The molecule has 0 radical (unpaired) electrons. The van der Waals surface area contributed by atoms with Crippen molar-refractivity contribution < 1.29 is 14.6 Å². The Hall–Kier alpha value is -1.44. The smallest absolute Gasteiger partial charge is 0.356 e. The summed E-state index contributed by atoms with van der Waals surface area (Å²) in [5, 5.41) is 16.0. The third kappa shape index (κ3) is 3.09. The summed E-state index contributed by atoms with van der Waals surface area (Å²) in [6, 6.07) is 0.454. The number of ether oxygens (including phenoxy) is 1. The first-order valence-corrected chi connectivity index (χ1v) is 7.48. The van der Waals surface area contributed by atoms with E-state index in [4.69, 9.17) is 4.74 Å². The van der Waals surface area contributed by atoms with Gasteiger partial charge in [-0.05, 0) is 6.92 Å². The quantitative estimate of drug-likeness (QED) is 0.825. The Labute approximate surface area is 123 Å². The molecule has 116 valence electrons. The zero-order valence-corrected chi connectivity index (χ0v) is 12.3. The van der Waals surface area contributed by atoms with Gasteiger partial charge in [-0.1, -0.05) is 0 Å². The van der Waals surface area contributed by atoms with Crippen molar-refractivity contribution in [2.45, 2.75) is 25.9 Å². The molecular weight excluding hydrogens is 272 g/mol. The van der Waals surface area contributed by atoms with Gasteiger partial charge in [0.2, 0.25) is 0 Å². The number of H-pyrrole nitrogens is 1. The van der Waals surface area contributed by atoms with Crippen molar-refractivity contribution in [1.82, 2.24) is 20.0 Å². The van der Waals surface area contributed by atoms with Crippen molar-refractivity contribution in [1.29, 1.82) is 0 Å². The van der Waals surface area contributed by atoms with Crippen LogP contribution in [-0.2, 0) is 17.7 Å². The molecule has 1 atom stereocenters. The molecule has 21 heavy (non-hydrogen) atoms. The molecule has 1 unspecified atom stereocenters. The molecule has 0 amide bonds. The number of aromatic amines is 1. The van der Waals surface area contributed by atoms with Crippen LogP contribution in [-0.4, -0.2) is 76.5 Å². The predicted octanol–water partition coefficient (Wildman–Crippen LogP) is 0.187. The number of fused-ring (bicyclic) bond motifs is 1. The molecule has 3 rings (SSSR count). The molecule has 7 nitrogen and oxygen atoms in total. The van der Waals surface area contributed by atoms with Gasteiger partial charge < -0.3 is 9.84 Å². The van der Waals surface area contributed by atoms with E-state index in [0.717, 1.165) is 57.1 Å². The molecule has 0 spiro atoms. The highest BCUT2D eigenvalue weighted by atomic mass is 16.5. The highest BCUT2D eigenvalue weighted by Gasteiger charge is 2.27. The van der Waals surface area contributed by atoms with E-state index in [0.29, 0.717) is 12.6 Å². The van der Waals surface area contributed by atoms with Gasteiger partial charge in [-0.25, -0.2) is 4.79 Å². The molecule has 0 bridgehead atoms. The number of carboxylic acids is 1. The molecule has 0 saturated carbocycles. The highest BCUT2D eigenvalue weighted by molar-refractivity contribution is 5.87. The van der Waals surface area contributed by atoms with Crippen molar-refractivity contribution >= 4 is 5.97 Å². The lowest BCUT2D eigenvalue weighted by Crippen LogP contribution is -2.48. The molecule has 2 aliphatic rings. The molecule has 7 heteroatoms. The number of rotatable bonds is 4. The van der Waals surface area contributed by atoms with Gasteiger partial charge in [-0.2, -0.15) is 5.10 Å². The van der Waals surface area contributed by atoms with E-state index < -0.39 is 5.97 Å². The van der Waals surface area contributed by atoms with Crippen molar-refractivity contribution in [3.8, 4) is 0 Å². The van der Waals surface area contributed by atoms with Crippen LogP contribution in [0.15, 0.2) is 0 Å². The molecule has 0 aliphatic carbocycles. The monoisotopic (exact) mass is 294 g/mol. The number of aromatic carboxylic acids is 1. The molecule has 1 fully saturated rings. The molecule has 1 saturated heterocycles. The first kappa shape index (κ1) is 14.5. The molecule has 1 aromatic heterocycles. The van der Waals surface area contributed by atoms with Crippen LogP contribution < -0.4 is 0 Å². The zero-order valence-electron chi connectivity index (χ0n) is 12.3. The minimum atomic E-state index is -0.949. The lowest BCUT2D eigenvalue weighted by Gasteiger charge is -2.36. The third-order valence-corrected chi connectivity index (χ3v) is 4.41. The Kier molecular flexibility index (Phi) is 4.23. The number of hydrogen-bond donors (Lipinski definition) is 2. The number of carboxylic acid groups (broad SMARTS) is 1. The lowest BCUT2D eigenvalue weighted by atomic mass is 10.0. The van der Waals surface area contributed by atoms with Crippen LogP contribution in [0.4, 0.5) is 0 Å². The normalized spacial score (nSPS) is 22.0. The topological polar surface area (TPSA) is 81.7 Å². The van der Waals surface area contributed by atoms with Crippen LogP contribution in [0.1, 0.15) is 28.7 Å². The Balaban J connectivity index is 1.62. The van der Waals surface area contributed by atoms with Gasteiger partial charge in [0.1, 0.15) is 0 Å². The molecular formula is C14H22N4O3. The fourth-order valence-electron chi connectivity index (χ4n) is 3.19. The van der Waals surface area contributed by atoms with Gasteiger partial charge in [-0.3, -0.25) is 14.9 Å². The van der Waals surface area contributed by atoms with Crippen LogP contribution in [0.2, 0.25) is 0 Å². The maximum Gasteiger partial charge on any atom is 0.356 e. The Morgan fingerprint density at radius 1 is 1.43 bits per heavy atom. The van der Waals surface area contributed by atoms with Gasteiger partial charge >= 0.3 is 5.97 Å². The fourth-order valence-corrected chi connectivity index (χ4v) is 3.19. The van der Waals surface area contributed by atoms with Gasteiger partial charge in [0.25, 0.3) is 0 Å². The Morgan fingerprint density at radius 3 is 2.90 bits per heavy atom. The fraction of sp³-hybridized carbons (Fsp3) is 0.714. The predicted molar refractivity (Wildman–Crippen MR) is 76.4 cm³/mol. The number of aromatic nitrogens is 2. The second-order valence-corrected chi connectivity index (χ2v) is 5.82.